The summed E-state index contributed by atoms with van der Waals surface area (Å²) in [5, 5.41) is 9.86. The number of rotatable bonds is 5. The summed E-state index contributed by atoms with van der Waals surface area (Å²) < 4.78 is 14.4. The molecule has 2 rings (SSSR count). The fraction of sp³-hybridized carbons (Fsp3) is 0.143. The Balaban J connectivity index is 2.38. The lowest BCUT2D eigenvalue weighted by Gasteiger charge is -2.04. The van der Waals surface area contributed by atoms with E-state index in [-0.39, 0.29) is 23.0 Å². The molecule has 2 aromatic carbocycles. The van der Waals surface area contributed by atoms with Crippen molar-refractivity contribution in [3.8, 4) is 6.07 Å². The first-order chi connectivity index (χ1) is 13.5. The largest absolute Gasteiger partial charge is 0.465 e. The van der Waals surface area contributed by atoms with Crippen LogP contribution in [-0.2, 0) is 35.2 Å². The van der Waals surface area contributed by atoms with Crippen LogP contribution in [0, 0.1) is 11.3 Å². The predicted molar refractivity (Wildman–Crippen MR) is 98.4 cm³/mol. The Labute approximate surface area is 161 Å². The first-order valence-corrected chi connectivity index (χ1v) is 8.14. The van der Waals surface area contributed by atoms with Gasteiger partial charge in [0.15, 0.2) is 5.57 Å². The van der Waals surface area contributed by atoms with Crippen molar-refractivity contribution in [1.29, 1.82) is 5.26 Å². The van der Waals surface area contributed by atoms with Crippen LogP contribution in [0.25, 0.3) is 11.1 Å². The third kappa shape index (κ3) is 4.83. The van der Waals surface area contributed by atoms with Gasteiger partial charge in [0.25, 0.3) is 0 Å². The Kier molecular flexibility index (Phi) is 7.06. The van der Waals surface area contributed by atoms with Crippen molar-refractivity contribution in [3.05, 3.63) is 70.6 Å². The predicted octanol–water partition coefficient (Wildman–Crippen LogP) is 0.601. The molecule has 0 aromatic heterocycles. The van der Waals surface area contributed by atoms with Crippen molar-refractivity contribution < 1.29 is 28.6 Å². The van der Waals surface area contributed by atoms with Crippen LogP contribution < -0.4 is 10.4 Å². The number of nitriles is 1. The van der Waals surface area contributed by atoms with Gasteiger partial charge in [0.05, 0.1) is 14.2 Å². The maximum atomic E-state index is 12.2. The molecule has 28 heavy (non-hydrogen) atoms. The number of carbonyl (C=O) groups is 3. The molecule has 0 unspecified atom stereocenters. The molecule has 0 N–H and O–H groups in total. The highest BCUT2D eigenvalue weighted by atomic mass is 16.5. The molecule has 0 heterocycles. The molecule has 0 saturated carbocycles. The van der Waals surface area contributed by atoms with Crippen molar-refractivity contribution >= 4 is 29.1 Å². The quantitative estimate of drug-likeness (QED) is 0.426. The van der Waals surface area contributed by atoms with Crippen LogP contribution in [0.1, 0.15) is 5.56 Å². The number of carbonyl (C=O) groups excluding carboxylic acids is 3. The second-order valence-corrected chi connectivity index (χ2v) is 5.48. The zero-order valence-corrected chi connectivity index (χ0v) is 15.3. The van der Waals surface area contributed by atoms with Gasteiger partial charge in [-0.3, -0.25) is 0 Å². The van der Waals surface area contributed by atoms with Gasteiger partial charge in [0, 0.05) is 0 Å². The lowest BCUT2D eigenvalue weighted by Crippen LogP contribution is -2.24. The summed E-state index contributed by atoms with van der Waals surface area (Å²) in [6.45, 7) is 0.0333. The lowest BCUT2D eigenvalue weighted by molar-refractivity contribution is -0.140. The molecule has 0 saturated heterocycles. The second-order valence-electron chi connectivity index (χ2n) is 5.48. The maximum absolute atomic E-state index is 12.2. The Hall–Kier alpha value is -3.92. The molecule has 0 radical (unpaired) electrons. The lowest BCUT2D eigenvalue weighted by atomic mass is 10.1. The van der Waals surface area contributed by atoms with E-state index in [1.54, 1.807) is 12.1 Å². The summed E-state index contributed by atoms with van der Waals surface area (Å²) in [5.74, 6) is -2.48. The highest BCUT2D eigenvalue weighted by Crippen LogP contribution is 2.04. The van der Waals surface area contributed by atoms with Crippen LogP contribution in [0.4, 0.5) is 0 Å². The molecule has 0 bridgehead atoms. The van der Waals surface area contributed by atoms with Crippen LogP contribution in [0.2, 0.25) is 0 Å². The van der Waals surface area contributed by atoms with E-state index >= 15 is 0 Å². The second kappa shape index (κ2) is 9.69. The summed E-state index contributed by atoms with van der Waals surface area (Å²) in [6.07, 6.45) is 0. The minimum Gasteiger partial charge on any atom is -0.465 e. The Morgan fingerprint density at radius 2 is 1.36 bits per heavy atom. The third-order valence-corrected chi connectivity index (χ3v) is 3.77. The van der Waals surface area contributed by atoms with Gasteiger partial charge >= 0.3 is 17.9 Å². The molecule has 0 amide bonds. The molecule has 7 heteroatoms. The maximum Gasteiger partial charge on any atom is 0.349 e. The number of methoxy groups -OCH3 is 2. The molecule has 0 aliphatic heterocycles. The first kappa shape index (κ1) is 20.4. The highest BCUT2D eigenvalue weighted by Gasteiger charge is 2.20. The van der Waals surface area contributed by atoms with E-state index in [4.69, 9.17) is 4.74 Å². The van der Waals surface area contributed by atoms with E-state index in [1.807, 2.05) is 24.3 Å². The zero-order chi connectivity index (χ0) is 20.5. The van der Waals surface area contributed by atoms with Crippen molar-refractivity contribution in [2.45, 2.75) is 6.61 Å². The molecule has 0 aliphatic carbocycles. The molecule has 2 aromatic rings. The Bertz CT molecular complexity index is 1010. The van der Waals surface area contributed by atoms with E-state index in [9.17, 15) is 19.6 Å². The van der Waals surface area contributed by atoms with Gasteiger partial charge in [0.2, 0.25) is 0 Å². The molecule has 0 fully saturated rings. The summed E-state index contributed by atoms with van der Waals surface area (Å²) in [5.41, 5.74) is 0.306. The fourth-order valence-electron chi connectivity index (χ4n) is 2.35. The molecular formula is C21H17NO6. The van der Waals surface area contributed by atoms with Gasteiger partial charge in [0.1, 0.15) is 18.2 Å². The van der Waals surface area contributed by atoms with Crippen LogP contribution in [0.5, 0.6) is 0 Å². The summed E-state index contributed by atoms with van der Waals surface area (Å²) in [4.78, 5) is 35.9. The van der Waals surface area contributed by atoms with Gasteiger partial charge in [-0.15, -0.1) is 0 Å². The smallest absolute Gasteiger partial charge is 0.349 e. The number of hydrogen-bond acceptors (Lipinski definition) is 7. The van der Waals surface area contributed by atoms with Gasteiger partial charge in [-0.1, -0.05) is 54.6 Å². The Morgan fingerprint density at radius 1 is 0.821 bits per heavy atom. The highest BCUT2D eigenvalue weighted by molar-refractivity contribution is 6.36. The molecular weight excluding hydrogens is 362 g/mol. The number of esters is 3. The normalized spacial score (nSPS) is 9.61. The van der Waals surface area contributed by atoms with Crippen molar-refractivity contribution in [2.75, 3.05) is 14.2 Å². The number of hydrogen-bond donors (Lipinski definition) is 0. The Morgan fingerprint density at radius 3 is 1.86 bits per heavy atom. The standard InChI is InChI=1S/C21H17NO6/c1-26-20(24)18(21(25)27-2)16-10-8-15(9-11-16)17(12-22)19(23)28-13-14-6-4-3-5-7-14/h3-11H,13H2,1-2H3. The summed E-state index contributed by atoms with van der Waals surface area (Å²) in [6, 6.07) is 16.6. The third-order valence-electron chi connectivity index (χ3n) is 3.77. The van der Waals surface area contributed by atoms with Gasteiger partial charge in [-0.05, 0) is 16.0 Å². The van der Waals surface area contributed by atoms with E-state index in [1.165, 1.54) is 24.3 Å². The monoisotopic (exact) mass is 379 g/mol. The van der Waals surface area contributed by atoms with Crippen LogP contribution >= 0.6 is 0 Å². The van der Waals surface area contributed by atoms with Crippen LogP contribution in [0.15, 0.2) is 54.6 Å². The van der Waals surface area contributed by atoms with Gasteiger partial charge in [-0.2, -0.15) is 5.26 Å². The van der Waals surface area contributed by atoms with Crippen LogP contribution in [-0.4, -0.2) is 32.1 Å². The number of benzene rings is 2. The topological polar surface area (TPSA) is 103 Å². The molecule has 0 aliphatic rings. The fourth-order valence-corrected chi connectivity index (χ4v) is 2.35. The average Bonchev–Trinajstić information content (AvgIpc) is 2.74. The van der Waals surface area contributed by atoms with Crippen molar-refractivity contribution in [2.24, 2.45) is 0 Å². The van der Waals surface area contributed by atoms with E-state index in [0.29, 0.717) is 5.22 Å². The van der Waals surface area contributed by atoms with E-state index < -0.39 is 17.9 Å². The zero-order valence-electron chi connectivity index (χ0n) is 15.3. The summed E-state index contributed by atoms with van der Waals surface area (Å²) >= 11 is 0. The molecule has 0 atom stereocenters. The number of ether oxygens (including phenoxy) is 3. The minimum atomic E-state index is -0.855. The van der Waals surface area contributed by atoms with E-state index in [0.717, 1.165) is 19.8 Å². The molecule has 0 spiro atoms. The number of nitrogens with zero attached hydrogens (tertiary/aromatic N) is 1. The van der Waals surface area contributed by atoms with Gasteiger partial charge in [-0.25, -0.2) is 14.4 Å². The summed E-state index contributed by atoms with van der Waals surface area (Å²) in [7, 11) is 2.29. The van der Waals surface area contributed by atoms with Crippen molar-refractivity contribution in [3.63, 3.8) is 0 Å². The first-order valence-electron chi connectivity index (χ1n) is 8.14. The van der Waals surface area contributed by atoms with Gasteiger partial charge < -0.3 is 14.2 Å². The van der Waals surface area contributed by atoms with E-state index in [2.05, 4.69) is 9.47 Å². The van der Waals surface area contributed by atoms with Crippen LogP contribution in [0.3, 0.4) is 0 Å². The SMILES string of the molecule is COC(=O)C(C(=O)OC)=c1ccc(=C(C#N)C(=O)OCc2ccccc2)cc1. The molecule has 142 valence electrons. The van der Waals surface area contributed by atoms with Crippen molar-refractivity contribution in [1.82, 2.24) is 0 Å². The molecule has 7 nitrogen and oxygen atoms in total. The minimum absolute atomic E-state index is 0.0333. The average molecular weight is 379 g/mol.